The summed E-state index contributed by atoms with van der Waals surface area (Å²) in [7, 11) is -4.60. The van der Waals surface area contributed by atoms with Gasteiger partial charge in [-0.25, -0.2) is 4.57 Å². The molecule has 0 aromatic rings. The van der Waals surface area contributed by atoms with Gasteiger partial charge in [0.05, 0.1) is 6.61 Å². The molecule has 11 heavy (non-hydrogen) atoms. The minimum atomic E-state index is -4.60. The van der Waals surface area contributed by atoms with Crippen molar-refractivity contribution in [2.45, 2.75) is 6.04 Å². The molecule has 0 bridgehead atoms. The summed E-state index contributed by atoms with van der Waals surface area (Å²) in [6.45, 7) is -0.709. The number of carboxylic acid groups (broad SMARTS) is 1. The maximum Gasteiger partial charge on any atom is 0.469 e. The van der Waals surface area contributed by atoms with Gasteiger partial charge in [0.25, 0.3) is 0 Å². The van der Waals surface area contributed by atoms with Crippen LogP contribution in [0.2, 0.25) is 0 Å². The van der Waals surface area contributed by atoms with Crippen molar-refractivity contribution in [3.05, 3.63) is 0 Å². The first kappa shape index (κ1) is 10.5. The fraction of sp³-hybridized carbons (Fsp3) is 0.667. The lowest BCUT2D eigenvalue weighted by atomic mass is 11.3. The predicted molar refractivity (Wildman–Crippen MR) is 33.6 cm³/mol. The minimum absolute atomic E-state index is 0.709. The fourth-order valence-electron chi connectivity index (χ4n) is 0.249. The van der Waals surface area contributed by atoms with E-state index >= 15 is 0 Å². The highest BCUT2D eigenvalue weighted by molar-refractivity contribution is 7.46. The number of carboxylic acids is 1. The first-order valence-electron chi connectivity index (χ1n) is 2.51. The van der Waals surface area contributed by atoms with E-state index in [2.05, 4.69) is 4.52 Å². The normalized spacial score (nSPS) is 14.5. The zero-order valence-corrected chi connectivity index (χ0v) is 6.27. The molecule has 0 saturated heterocycles. The van der Waals surface area contributed by atoms with E-state index in [9.17, 15) is 9.36 Å². The summed E-state index contributed by atoms with van der Waals surface area (Å²) in [6, 6.07) is -1.41. The molecule has 5 N–H and O–H groups in total. The number of phosphoric ester groups is 1. The van der Waals surface area contributed by atoms with Gasteiger partial charge in [0.1, 0.15) is 6.04 Å². The molecule has 7 nitrogen and oxygen atoms in total. The molecule has 0 aliphatic carbocycles. The molecule has 0 saturated carbocycles. The molecule has 0 aromatic carbocycles. The highest BCUT2D eigenvalue weighted by Crippen LogP contribution is 2.35. The highest BCUT2D eigenvalue weighted by Gasteiger charge is 2.19. The first-order valence-corrected chi connectivity index (χ1v) is 4.04. The lowest BCUT2D eigenvalue weighted by molar-refractivity contribution is -0.139. The maximum atomic E-state index is 9.98. The van der Waals surface area contributed by atoms with Crippen LogP contribution in [0.4, 0.5) is 0 Å². The lowest BCUT2D eigenvalue weighted by Gasteiger charge is -2.07. The number of hydrogen-bond donors (Lipinski definition) is 4. The van der Waals surface area contributed by atoms with E-state index in [0.29, 0.717) is 0 Å². The fourth-order valence-corrected chi connectivity index (χ4v) is 0.603. The summed E-state index contributed by atoms with van der Waals surface area (Å²) in [5, 5.41) is 8.12. The van der Waals surface area contributed by atoms with Gasteiger partial charge in [0.2, 0.25) is 0 Å². The Hall–Kier alpha value is -0.460. The van der Waals surface area contributed by atoms with Crippen LogP contribution < -0.4 is 5.73 Å². The number of nitrogens with two attached hydrogens (primary N) is 1. The molecular formula is C3H8NO6P. The molecule has 1 atom stereocenters. The van der Waals surface area contributed by atoms with E-state index < -0.39 is 26.4 Å². The van der Waals surface area contributed by atoms with E-state index in [0.717, 1.165) is 0 Å². The molecule has 66 valence electrons. The van der Waals surface area contributed by atoms with Gasteiger partial charge in [0, 0.05) is 0 Å². The molecular weight excluding hydrogens is 180 g/mol. The SMILES string of the molecule is N[13C@@H]([13CH2]OP(=O)(O)O)[13C](=O)O. The molecule has 0 unspecified atom stereocenters. The molecule has 0 rings (SSSR count). The maximum absolute atomic E-state index is 9.98. The Morgan fingerprint density at radius 1 is 1.64 bits per heavy atom. The predicted octanol–water partition coefficient (Wildman–Crippen LogP) is -1.49. The summed E-state index contributed by atoms with van der Waals surface area (Å²) in [5.41, 5.74) is 4.86. The van der Waals surface area contributed by atoms with Gasteiger partial charge in [-0.3, -0.25) is 9.32 Å². The van der Waals surface area contributed by atoms with Crippen LogP contribution in [0.5, 0.6) is 0 Å². The molecule has 0 spiro atoms. The van der Waals surface area contributed by atoms with Crippen LogP contribution in [0.1, 0.15) is 0 Å². The van der Waals surface area contributed by atoms with Crippen LogP contribution >= 0.6 is 7.82 Å². The van der Waals surface area contributed by atoms with Gasteiger partial charge in [-0.15, -0.1) is 0 Å². The molecule has 0 heterocycles. The molecule has 0 aliphatic heterocycles. The van der Waals surface area contributed by atoms with Crippen molar-refractivity contribution in [3.63, 3.8) is 0 Å². The highest BCUT2D eigenvalue weighted by atomic mass is 31.2. The number of hydrogen-bond acceptors (Lipinski definition) is 4. The van der Waals surface area contributed by atoms with Gasteiger partial charge in [-0.1, -0.05) is 0 Å². The third-order valence-electron chi connectivity index (χ3n) is 0.739. The van der Waals surface area contributed by atoms with Crippen LogP contribution in [-0.4, -0.2) is 33.5 Å². The number of phosphoric acid groups is 1. The second kappa shape index (κ2) is 3.80. The zero-order valence-electron chi connectivity index (χ0n) is 5.38. The van der Waals surface area contributed by atoms with Crippen molar-refractivity contribution in [2.24, 2.45) is 5.73 Å². The van der Waals surface area contributed by atoms with Crippen molar-refractivity contribution in [1.29, 1.82) is 0 Å². The van der Waals surface area contributed by atoms with Crippen LogP contribution in [-0.2, 0) is 13.9 Å². The quantitative estimate of drug-likeness (QED) is 0.312. The minimum Gasteiger partial charge on any atom is -0.480 e. The molecule has 0 aliphatic rings. The zero-order chi connectivity index (χ0) is 9.07. The van der Waals surface area contributed by atoms with Gasteiger partial charge < -0.3 is 20.6 Å². The van der Waals surface area contributed by atoms with E-state index in [-0.39, 0.29) is 0 Å². The van der Waals surface area contributed by atoms with Gasteiger partial charge in [-0.05, 0) is 0 Å². The summed E-state index contributed by atoms with van der Waals surface area (Å²) in [6.07, 6.45) is 0. The Balaban J connectivity index is 3.72. The van der Waals surface area contributed by atoms with E-state index in [4.69, 9.17) is 20.6 Å². The lowest BCUT2D eigenvalue weighted by Crippen LogP contribution is -2.34. The molecule has 0 amide bonds. The average Bonchev–Trinajstić information content (AvgIpc) is 1.80. The van der Waals surface area contributed by atoms with Crippen molar-refractivity contribution >= 4 is 13.8 Å². The Kier molecular flexibility index (Phi) is 3.64. The Labute approximate surface area is 62.0 Å². The second-order valence-corrected chi connectivity index (χ2v) is 2.97. The van der Waals surface area contributed by atoms with Crippen LogP contribution in [0.15, 0.2) is 0 Å². The van der Waals surface area contributed by atoms with Crippen LogP contribution in [0.25, 0.3) is 0 Å². The monoisotopic (exact) mass is 188 g/mol. The summed E-state index contributed by atoms with van der Waals surface area (Å²) >= 11 is 0. The van der Waals surface area contributed by atoms with E-state index in [1.807, 2.05) is 0 Å². The van der Waals surface area contributed by atoms with Crippen LogP contribution in [0.3, 0.4) is 0 Å². The number of carbonyl (C=O) groups is 1. The van der Waals surface area contributed by atoms with Crippen molar-refractivity contribution in [2.75, 3.05) is 6.61 Å². The Morgan fingerprint density at radius 2 is 2.09 bits per heavy atom. The van der Waals surface area contributed by atoms with Crippen molar-refractivity contribution in [3.8, 4) is 0 Å². The standard InChI is InChI=1S/C3H8NO6P/c4-2(3(5)6)1-10-11(7,8)9/h2H,1,4H2,(H,5,6)(H2,7,8,9)/t2-/m0/s1/i1+1,2+1,3+1. The Bertz CT molecular complexity index is 186. The van der Waals surface area contributed by atoms with E-state index in [1.54, 1.807) is 0 Å². The summed E-state index contributed by atoms with van der Waals surface area (Å²) in [4.78, 5) is 26.1. The average molecular weight is 188 g/mol. The van der Waals surface area contributed by atoms with Gasteiger partial charge >= 0.3 is 13.8 Å². The van der Waals surface area contributed by atoms with Crippen LogP contribution in [0, 0.1) is 0 Å². The van der Waals surface area contributed by atoms with Crippen molar-refractivity contribution in [1.82, 2.24) is 0 Å². The third-order valence-corrected chi connectivity index (χ3v) is 1.22. The number of aliphatic carboxylic acids is 1. The number of rotatable bonds is 4. The summed E-state index contributed by atoms with van der Waals surface area (Å²) in [5.74, 6) is -1.38. The molecule has 0 fully saturated rings. The second-order valence-electron chi connectivity index (χ2n) is 1.73. The molecule has 0 radical (unpaired) electrons. The molecule has 0 aromatic heterocycles. The molecule has 8 heteroatoms. The van der Waals surface area contributed by atoms with Crippen molar-refractivity contribution < 1.29 is 28.8 Å². The largest absolute Gasteiger partial charge is 0.480 e. The third kappa shape index (κ3) is 5.96. The first-order chi connectivity index (χ1) is 4.83. The van der Waals surface area contributed by atoms with Gasteiger partial charge in [-0.2, -0.15) is 0 Å². The van der Waals surface area contributed by atoms with E-state index in [1.165, 1.54) is 0 Å². The topological polar surface area (TPSA) is 130 Å². The summed E-state index contributed by atoms with van der Waals surface area (Å²) < 4.78 is 13.8. The van der Waals surface area contributed by atoms with Gasteiger partial charge in [0.15, 0.2) is 0 Å². The smallest absolute Gasteiger partial charge is 0.469 e. The Morgan fingerprint density at radius 3 is 2.36 bits per heavy atom.